The number of hydrogen-bond donors (Lipinski definition) is 0. The minimum Gasteiger partial charge on any atom is -0.467 e. The van der Waals surface area contributed by atoms with E-state index in [9.17, 15) is 9.18 Å². The number of halogens is 1. The molecule has 0 N–H and O–H groups in total. The van der Waals surface area contributed by atoms with Crippen molar-refractivity contribution in [3.63, 3.8) is 0 Å². The zero-order valence-electron chi connectivity index (χ0n) is 12.2. The maximum atomic E-state index is 13.1. The lowest BCUT2D eigenvalue weighted by Crippen LogP contribution is -2.24. The first-order valence-corrected chi connectivity index (χ1v) is 7.14. The molecule has 0 spiro atoms. The number of ether oxygens (including phenoxy) is 1. The number of hydrogen-bond acceptors (Lipinski definition) is 3. The molecule has 0 aromatic heterocycles. The first-order chi connectivity index (χ1) is 10.7. The van der Waals surface area contributed by atoms with E-state index in [-0.39, 0.29) is 17.7 Å². The number of carbonyl (C=O) groups excluding carboxylic acids is 1. The Labute approximate surface area is 128 Å². The minimum atomic E-state index is -0.578. The fourth-order valence-electron chi connectivity index (χ4n) is 2.80. The van der Waals surface area contributed by atoms with Crippen molar-refractivity contribution in [1.29, 1.82) is 0 Å². The van der Waals surface area contributed by atoms with Crippen molar-refractivity contribution in [2.75, 3.05) is 7.11 Å². The first-order valence-electron chi connectivity index (χ1n) is 7.14. The van der Waals surface area contributed by atoms with Crippen LogP contribution in [-0.2, 0) is 9.53 Å². The van der Waals surface area contributed by atoms with E-state index in [2.05, 4.69) is 4.99 Å². The molecule has 1 heterocycles. The van der Waals surface area contributed by atoms with Crippen LogP contribution in [0.25, 0.3) is 0 Å². The quantitative estimate of drug-likeness (QED) is 0.815. The van der Waals surface area contributed by atoms with Gasteiger partial charge in [0.05, 0.1) is 7.11 Å². The Balaban J connectivity index is 1.94. The van der Waals surface area contributed by atoms with Crippen molar-refractivity contribution >= 4 is 11.7 Å². The number of esters is 1. The molecule has 3 rings (SSSR count). The fraction of sp³-hybridized carbons (Fsp3) is 0.222. The summed E-state index contributed by atoms with van der Waals surface area (Å²) in [5.41, 5.74) is 2.78. The molecule has 1 aliphatic rings. The van der Waals surface area contributed by atoms with Gasteiger partial charge < -0.3 is 4.74 Å². The number of rotatable bonds is 3. The lowest BCUT2D eigenvalue weighted by molar-refractivity contribution is -0.142. The molecule has 0 saturated carbocycles. The van der Waals surface area contributed by atoms with Crippen molar-refractivity contribution in [3.8, 4) is 0 Å². The Morgan fingerprint density at radius 2 is 1.82 bits per heavy atom. The van der Waals surface area contributed by atoms with Crippen LogP contribution in [0.4, 0.5) is 4.39 Å². The summed E-state index contributed by atoms with van der Waals surface area (Å²) >= 11 is 0. The van der Waals surface area contributed by atoms with Gasteiger partial charge >= 0.3 is 5.97 Å². The SMILES string of the molecule is COC(=O)[C@@H]1N=C(c2ccccc2)C[C@@H]1c1ccc(F)cc1. The zero-order valence-corrected chi connectivity index (χ0v) is 12.2. The molecule has 22 heavy (non-hydrogen) atoms. The van der Waals surface area contributed by atoms with E-state index < -0.39 is 6.04 Å². The van der Waals surface area contributed by atoms with Crippen LogP contribution in [0.5, 0.6) is 0 Å². The standard InChI is InChI=1S/C18H16FNO2/c1-22-18(21)17-15(12-7-9-14(19)10-8-12)11-16(20-17)13-5-3-2-4-6-13/h2-10,15,17H,11H2,1H3/t15-,17-/m1/s1. The lowest BCUT2D eigenvalue weighted by Gasteiger charge is -2.16. The summed E-state index contributed by atoms with van der Waals surface area (Å²) in [5, 5.41) is 0. The summed E-state index contributed by atoms with van der Waals surface area (Å²) in [6, 6.07) is 15.4. The molecule has 0 aliphatic carbocycles. The van der Waals surface area contributed by atoms with Crippen LogP contribution in [0.15, 0.2) is 59.6 Å². The van der Waals surface area contributed by atoms with Crippen LogP contribution in [0.2, 0.25) is 0 Å². The highest BCUT2D eigenvalue weighted by Gasteiger charge is 2.36. The smallest absolute Gasteiger partial charge is 0.331 e. The van der Waals surface area contributed by atoms with Gasteiger partial charge in [-0.2, -0.15) is 0 Å². The largest absolute Gasteiger partial charge is 0.467 e. The van der Waals surface area contributed by atoms with E-state index in [0.29, 0.717) is 6.42 Å². The molecule has 0 saturated heterocycles. The molecule has 0 fully saturated rings. The Kier molecular flexibility index (Phi) is 4.00. The Hall–Kier alpha value is -2.49. The van der Waals surface area contributed by atoms with E-state index in [1.54, 1.807) is 12.1 Å². The van der Waals surface area contributed by atoms with E-state index in [4.69, 9.17) is 4.74 Å². The number of aliphatic imine (C=N–C) groups is 1. The van der Waals surface area contributed by atoms with Crippen molar-refractivity contribution in [2.45, 2.75) is 18.4 Å². The van der Waals surface area contributed by atoms with Crippen LogP contribution in [0.3, 0.4) is 0 Å². The predicted octanol–water partition coefficient (Wildman–Crippen LogP) is 3.34. The van der Waals surface area contributed by atoms with Crippen molar-refractivity contribution in [1.82, 2.24) is 0 Å². The van der Waals surface area contributed by atoms with Gasteiger partial charge in [-0.3, -0.25) is 4.99 Å². The summed E-state index contributed by atoms with van der Waals surface area (Å²) in [5.74, 6) is -0.774. The summed E-state index contributed by atoms with van der Waals surface area (Å²) in [6.45, 7) is 0. The lowest BCUT2D eigenvalue weighted by atomic mass is 9.89. The van der Waals surface area contributed by atoms with Gasteiger partial charge in [-0.15, -0.1) is 0 Å². The Morgan fingerprint density at radius 3 is 2.45 bits per heavy atom. The number of carbonyl (C=O) groups is 1. The second kappa shape index (κ2) is 6.10. The van der Waals surface area contributed by atoms with Gasteiger partial charge in [-0.05, 0) is 29.7 Å². The van der Waals surface area contributed by atoms with E-state index in [1.807, 2.05) is 30.3 Å². The normalized spacial score (nSPS) is 20.5. The molecular weight excluding hydrogens is 281 g/mol. The van der Waals surface area contributed by atoms with Crippen LogP contribution in [-0.4, -0.2) is 24.8 Å². The molecule has 0 radical (unpaired) electrons. The summed E-state index contributed by atoms with van der Waals surface area (Å²) in [4.78, 5) is 16.6. The minimum absolute atomic E-state index is 0.122. The molecule has 2 aromatic rings. The van der Waals surface area contributed by atoms with Gasteiger partial charge in [0.25, 0.3) is 0 Å². The average molecular weight is 297 g/mol. The molecule has 0 amide bonds. The fourth-order valence-corrected chi connectivity index (χ4v) is 2.80. The number of methoxy groups -OCH3 is 1. The third-order valence-corrected chi connectivity index (χ3v) is 3.94. The zero-order chi connectivity index (χ0) is 15.5. The summed E-state index contributed by atoms with van der Waals surface area (Å²) < 4.78 is 18.0. The summed E-state index contributed by atoms with van der Waals surface area (Å²) in [7, 11) is 1.36. The Bertz CT molecular complexity index is 695. The molecule has 4 heteroatoms. The van der Waals surface area contributed by atoms with Crippen LogP contribution < -0.4 is 0 Å². The highest BCUT2D eigenvalue weighted by molar-refractivity contribution is 6.04. The van der Waals surface area contributed by atoms with Crippen molar-refractivity contribution in [3.05, 3.63) is 71.5 Å². The van der Waals surface area contributed by atoms with Gasteiger partial charge in [-0.25, -0.2) is 9.18 Å². The van der Waals surface area contributed by atoms with Gasteiger partial charge in [0.1, 0.15) is 5.82 Å². The maximum absolute atomic E-state index is 13.1. The second-order valence-corrected chi connectivity index (χ2v) is 5.27. The third kappa shape index (κ3) is 2.77. The van der Waals surface area contributed by atoms with Crippen molar-refractivity contribution < 1.29 is 13.9 Å². The van der Waals surface area contributed by atoms with Crippen LogP contribution >= 0.6 is 0 Å². The molecule has 1 aliphatic heterocycles. The molecule has 0 bridgehead atoms. The van der Waals surface area contributed by atoms with E-state index in [1.165, 1.54) is 19.2 Å². The van der Waals surface area contributed by atoms with Gasteiger partial charge in [-0.1, -0.05) is 42.5 Å². The van der Waals surface area contributed by atoms with E-state index in [0.717, 1.165) is 16.8 Å². The maximum Gasteiger partial charge on any atom is 0.331 e. The van der Waals surface area contributed by atoms with Gasteiger partial charge in [0.2, 0.25) is 0 Å². The average Bonchev–Trinajstić information content (AvgIpc) is 3.01. The monoisotopic (exact) mass is 297 g/mol. The predicted molar refractivity (Wildman–Crippen MR) is 82.5 cm³/mol. The topological polar surface area (TPSA) is 38.7 Å². The highest BCUT2D eigenvalue weighted by atomic mass is 19.1. The number of nitrogens with zero attached hydrogens (tertiary/aromatic N) is 1. The molecule has 0 unspecified atom stereocenters. The van der Waals surface area contributed by atoms with Crippen LogP contribution in [0.1, 0.15) is 23.5 Å². The Morgan fingerprint density at radius 1 is 1.14 bits per heavy atom. The van der Waals surface area contributed by atoms with Gasteiger partial charge in [0, 0.05) is 11.6 Å². The molecule has 2 aromatic carbocycles. The molecule has 112 valence electrons. The first kappa shape index (κ1) is 14.4. The molecule has 3 nitrogen and oxygen atoms in total. The van der Waals surface area contributed by atoms with Crippen LogP contribution in [0, 0.1) is 5.82 Å². The second-order valence-electron chi connectivity index (χ2n) is 5.27. The van der Waals surface area contributed by atoms with Crippen molar-refractivity contribution in [2.24, 2.45) is 4.99 Å². The molecular formula is C18H16FNO2. The van der Waals surface area contributed by atoms with Gasteiger partial charge in [0.15, 0.2) is 6.04 Å². The summed E-state index contributed by atoms with van der Waals surface area (Å²) in [6.07, 6.45) is 0.634. The van der Waals surface area contributed by atoms with E-state index >= 15 is 0 Å². The number of benzene rings is 2. The molecule has 2 atom stereocenters. The highest BCUT2D eigenvalue weighted by Crippen LogP contribution is 2.34. The third-order valence-electron chi connectivity index (χ3n) is 3.94.